The largest absolute Gasteiger partial charge is 0.309 e. The van der Waals surface area contributed by atoms with Gasteiger partial charge in [-0.15, -0.1) is 0 Å². The maximum atomic E-state index is 4.96. The number of nitrogens with zero attached hydrogens (tertiary/aromatic N) is 4. The molecule has 43 heavy (non-hydrogen) atoms. The number of para-hydroxylation sites is 4. The van der Waals surface area contributed by atoms with Crippen LogP contribution >= 0.6 is 0 Å². The number of aromatic nitrogens is 4. The van der Waals surface area contributed by atoms with Crippen molar-refractivity contribution in [1.82, 2.24) is 18.5 Å². The van der Waals surface area contributed by atoms with Gasteiger partial charge in [0.1, 0.15) is 5.65 Å². The molecule has 0 saturated carbocycles. The summed E-state index contributed by atoms with van der Waals surface area (Å²) in [5.41, 5.74) is 9.23. The summed E-state index contributed by atoms with van der Waals surface area (Å²) in [6.07, 6.45) is 4.04. The molecule has 0 saturated heterocycles. The Kier molecular flexibility index (Phi) is 4.42. The van der Waals surface area contributed by atoms with Crippen LogP contribution in [-0.2, 0) is 0 Å². The number of hydrogen-bond acceptors (Lipinski definition) is 1. The predicted molar refractivity (Wildman–Crippen MR) is 179 cm³/mol. The third kappa shape index (κ3) is 2.97. The molecule has 0 bridgehead atoms. The fourth-order valence-corrected chi connectivity index (χ4v) is 7.31. The molecule has 4 heteroatoms. The van der Waals surface area contributed by atoms with E-state index in [2.05, 4.69) is 153 Å². The summed E-state index contributed by atoms with van der Waals surface area (Å²) < 4.78 is 7.10. The normalized spacial score (nSPS) is 12.2. The minimum Gasteiger partial charge on any atom is -0.309 e. The van der Waals surface area contributed by atoms with Gasteiger partial charge in [0.2, 0.25) is 0 Å². The third-order valence-electron chi connectivity index (χ3n) is 9.06. The first-order valence-corrected chi connectivity index (χ1v) is 14.7. The fraction of sp³-hybridized carbons (Fsp3) is 0. The van der Waals surface area contributed by atoms with Crippen molar-refractivity contribution in [3.05, 3.63) is 146 Å². The van der Waals surface area contributed by atoms with Gasteiger partial charge in [-0.1, -0.05) is 84.9 Å². The molecule has 0 unspecified atom stereocenters. The van der Waals surface area contributed by atoms with Crippen LogP contribution in [0.3, 0.4) is 0 Å². The molecule has 6 aromatic carbocycles. The summed E-state index contributed by atoms with van der Waals surface area (Å²) in [5.74, 6) is 0. The lowest BCUT2D eigenvalue weighted by Gasteiger charge is -2.14. The first-order valence-electron chi connectivity index (χ1n) is 14.7. The highest BCUT2D eigenvalue weighted by Gasteiger charge is 2.21. The van der Waals surface area contributed by atoms with Crippen molar-refractivity contribution >= 4 is 70.9 Å². The van der Waals surface area contributed by atoms with E-state index in [1.807, 2.05) is 6.20 Å². The molecule has 4 heterocycles. The van der Waals surface area contributed by atoms with E-state index in [0.29, 0.717) is 0 Å². The van der Waals surface area contributed by atoms with Crippen molar-refractivity contribution in [2.75, 3.05) is 0 Å². The van der Waals surface area contributed by atoms with Gasteiger partial charge in [0, 0.05) is 56.1 Å². The second-order valence-electron chi connectivity index (χ2n) is 11.3. The van der Waals surface area contributed by atoms with E-state index >= 15 is 0 Å². The minimum atomic E-state index is 0.971. The molecule has 0 N–H and O–H groups in total. The van der Waals surface area contributed by atoms with Gasteiger partial charge in [-0.3, -0.25) is 4.40 Å². The van der Waals surface area contributed by atoms with Gasteiger partial charge in [0.25, 0.3) is 0 Å². The second-order valence-corrected chi connectivity index (χ2v) is 11.3. The highest BCUT2D eigenvalue weighted by atomic mass is 15.0. The van der Waals surface area contributed by atoms with Crippen LogP contribution in [0.15, 0.2) is 146 Å². The van der Waals surface area contributed by atoms with Gasteiger partial charge in [-0.05, 0) is 53.9 Å². The summed E-state index contributed by atoms with van der Waals surface area (Å²) in [4.78, 5) is 4.96. The summed E-state index contributed by atoms with van der Waals surface area (Å²) >= 11 is 0. The van der Waals surface area contributed by atoms with Gasteiger partial charge in [-0.25, -0.2) is 4.98 Å². The fourth-order valence-electron chi connectivity index (χ4n) is 7.31. The Morgan fingerprint density at radius 1 is 0.395 bits per heavy atom. The van der Waals surface area contributed by atoms with Crippen LogP contribution in [0.4, 0.5) is 0 Å². The topological polar surface area (TPSA) is 27.2 Å². The molecule has 0 fully saturated rings. The van der Waals surface area contributed by atoms with Crippen molar-refractivity contribution in [1.29, 1.82) is 0 Å². The van der Waals surface area contributed by atoms with Crippen molar-refractivity contribution in [3.8, 4) is 11.4 Å². The van der Waals surface area contributed by atoms with E-state index in [9.17, 15) is 0 Å². The van der Waals surface area contributed by atoms with Crippen LogP contribution < -0.4 is 0 Å². The van der Waals surface area contributed by atoms with Crippen LogP contribution in [0.2, 0.25) is 0 Å². The first-order chi connectivity index (χ1) is 21.4. The average Bonchev–Trinajstić information content (AvgIpc) is 3.77. The van der Waals surface area contributed by atoms with E-state index in [4.69, 9.17) is 4.98 Å². The van der Waals surface area contributed by atoms with Crippen molar-refractivity contribution < 1.29 is 0 Å². The Labute approximate surface area is 246 Å². The lowest BCUT2D eigenvalue weighted by Crippen LogP contribution is -1.98. The lowest BCUT2D eigenvalue weighted by molar-refractivity contribution is 1.17. The maximum absolute atomic E-state index is 4.96. The Bertz CT molecular complexity index is 2700. The van der Waals surface area contributed by atoms with Gasteiger partial charge >= 0.3 is 0 Å². The van der Waals surface area contributed by atoms with Crippen molar-refractivity contribution in [2.45, 2.75) is 0 Å². The zero-order chi connectivity index (χ0) is 28.1. The van der Waals surface area contributed by atoms with E-state index in [0.717, 1.165) is 22.4 Å². The van der Waals surface area contributed by atoms with E-state index in [1.54, 1.807) is 0 Å². The number of rotatable bonds is 2. The van der Waals surface area contributed by atoms with Crippen molar-refractivity contribution in [2.24, 2.45) is 0 Å². The van der Waals surface area contributed by atoms with Gasteiger partial charge < -0.3 is 9.13 Å². The number of fused-ring (bicyclic) bond motifs is 13. The molecule has 0 aliphatic heterocycles. The van der Waals surface area contributed by atoms with Crippen LogP contribution in [0.5, 0.6) is 0 Å². The van der Waals surface area contributed by atoms with Gasteiger partial charge in [0.05, 0.1) is 27.6 Å². The predicted octanol–water partition coefficient (Wildman–Crippen LogP) is 9.83. The molecule has 0 aliphatic carbocycles. The first kappa shape index (κ1) is 22.8. The Morgan fingerprint density at radius 2 is 0.977 bits per heavy atom. The number of benzene rings is 6. The van der Waals surface area contributed by atoms with Crippen LogP contribution in [0.25, 0.3) is 82.3 Å². The molecule has 10 aromatic rings. The molecule has 0 radical (unpaired) electrons. The molecule has 10 rings (SSSR count). The molecule has 0 aliphatic rings. The minimum absolute atomic E-state index is 0.971. The van der Waals surface area contributed by atoms with E-state index in [-0.39, 0.29) is 0 Å². The molecule has 200 valence electrons. The summed E-state index contributed by atoms with van der Waals surface area (Å²) in [6.45, 7) is 0. The Balaban J connectivity index is 1.46. The number of pyridine rings is 1. The maximum Gasteiger partial charge on any atom is 0.145 e. The van der Waals surface area contributed by atoms with Gasteiger partial charge in [-0.2, -0.15) is 0 Å². The molecular formula is C39H24N4. The van der Waals surface area contributed by atoms with Crippen LogP contribution in [0, 0.1) is 0 Å². The quantitative estimate of drug-likeness (QED) is 0.198. The summed E-state index contributed by atoms with van der Waals surface area (Å²) in [7, 11) is 0. The highest BCUT2D eigenvalue weighted by molar-refractivity contribution is 6.26. The second kappa shape index (κ2) is 8.34. The van der Waals surface area contributed by atoms with Crippen LogP contribution in [0.1, 0.15) is 0 Å². The standard InChI is InChI=1S/C39H24N4/c1-3-11-25(12-4-1)42-34-17-9-8-16-28(34)32-23-33-31(24-36(32)42)30-20-19-29-27-15-7-10-18-35(27)43(26-13-5-2-6-14-26)38(29)37(30)41-22-21-40-39(33)41/h1-24H. The number of hydrogen-bond donors (Lipinski definition) is 0. The average molecular weight is 549 g/mol. The number of imidazole rings is 1. The van der Waals surface area contributed by atoms with Crippen molar-refractivity contribution in [3.63, 3.8) is 0 Å². The highest BCUT2D eigenvalue weighted by Crippen LogP contribution is 2.42. The monoisotopic (exact) mass is 548 g/mol. The molecule has 0 spiro atoms. The van der Waals surface area contributed by atoms with E-state index in [1.165, 1.54) is 59.9 Å². The molecule has 4 nitrogen and oxygen atoms in total. The van der Waals surface area contributed by atoms with Crippen LogP contribution in [-0.4, -0.2) is 18.5 Å². The molecular weight excluding hydrogens is 524 g/mol. The summed E-state index contributed by atoms with van der Waals surface area (Å²) in [6, 6.07) is 48.1. The van der Waals surface area contributed by atoms with E-state index < -0.39 is 0 Å². The summed E-state index contributed by atoms with van der Waals surface area (Å²) in [5, 5.41) is 8.52. The third-order valence-corrected chi connectivity index (χ3v) is 9.06. The Morgan fingerprint density at radius 3 is 1.70 bits per heavy atom. The molecule has 0 amide bonds. The lowest BCUT2D eigenvalue weighted by atomic mass is 10.0. The molecule has 4 aromatic heterocycles. The SMILES string of the molecule is c1ccc(-n2c3ccccc3c3cc4c(cc32)c2ccc3c5ccccc5n(-c5ccccc5)c3c2n2ccnc42)cc1. The molecule has 0 atom stereocenters. The zero-order valence-corrected chi connectivity index (χ0v) is 23.1. The zero-order valence-electron chi connectivity index (χ0n) is 23.1. The Hall–Kier alpha value is -5.87. The van der Waals surface area contributed by atoms with Gasteiger partial charge in [0.15, 0.2) is 0 Å². The smallest absolute Gasteiger partial charge is 0.145 e.